The maximum atomic E-state index is 4.15. The quantitative estimate of drug-likeness (QED) is 0.719. The normalized spacial score (nSPS) is 10.6. The van der Waals surface area contributed by atoms with Gasteiger partial charge in [0.05, 0.1) is 0 Å². The van der Waals surface area contributed by atoms with E-state index in [4.69, 9.17) is 0 Å². The van der Waals surface area contributed by atoms with Gasteiger partial charge in [-0.2, -0.15) is 15.4 Å². The van der Waals surface area contributed by atoms with E-state index in [-0.39, 0.29) is 0 Å². The van der Waals surface area contributed by atoms with Crippen molar-refractivity contribution in [3.05, 3.63) is 54.1 Å². The number of nitrogens with zero attached hydrogens (tertiary/aromatic N) is 2. The fourth-order valence-corrected chi connectivity index (χ4v) is 1.82. The Bertz CT molecular complexity index is 615. The molecule has 1 heterocycles. The summed E-state index contributed by atoms with van der Waals surface area (Å²) in [6.45, 7) is 0.744. The van der Waals surface area contributed by atoms with Crippen molar-refractivity contribution in [3.8, 4) is 0 Å². The molecular weight excluding hydrogens is 212 g/mol. The Labute approximate surface area is 98.7 Å². The van der Waals surface area contributed by atoms with E-state index in [2.05, 4.69) is 26.8 Å². The van der Waals surface area contributed by atoms with Crippen molar-refractivity contribution in [3.63, 3.8) is 0 Å². The van der Waals surface area contributed by atoms with Gasteiger partial charge in [-0.3, -0.25) is 0 Å². The Kier molecular flexibility index (Phi) is 2.46. The molecular formula is C13H12N4. The number of H-pyrrole nitrogens is 1. The summed E-state index contributed by atoms with van der Waals surface area (Å²) < 4.78 is 0. The molecule has 4 nitrogen and oxygen atoms in total. The number of nitrogens with one attached hydrogen (secondary N) is 2. The predicted octanol–water partition coefficient (Wildman–Crippen LogP) is 2.57. The van der Waals surface area contributed by atoms with Crippen LogP contribution in [0.3, 0.4) is 0 Å². The van der Waals surface area contributed by atoms with E-state index in [0.717, 1.165) is 28.8 Å². The van der Waals surface area contributed by atoms with Gasteiger partial charge in [0.2, 0.25) is 0 Å². The van der Waals surface area contributed by atoms with Gasteiger partial charge in [-0.25, -0.2) is 0 Å². The van der Waals surface area contributed by atoms with Gasteiger partial charge in [0.15, 0.2) is 0 Å². The monoisotopic (exact) mass is 224 g/mol. The SMILES string of the molecule is c1ccc(NCc2cccc3n[nH]nc23)cc1. The maximum Gasteiger partial charge on any atom is 0.117 e. The maximum absolute atomic E-state index is 4.15. The average Bonchev–Trinajstić information content (AvgIpc) is 2.86. The van der Waals surface area contributed by atoms with E-state index in [1.807, 2.05) is 42.5 Å². The van der Waals surface area contributed by atoms with Crippen molar-refractivity contribution in [1.82, 2.24) is 15.4 Å². The summed E-state index contributed by atoms with van der Waals surface area (Å²) in [5, 5.41) is 14.2. The highest BCUT2D eigenvalue weighted by molar-refractivity contribution is 5.77. The van der Waals surface area contributed by atoms with Crippen LogP contribution in [0.2, 0.25) is 0 Å². The molecule has 0 bridgehead atoms. The minimum Gasteiger partial charge on any atom is -0.381 e. The molecule has 0 amide bonds. The summed E-state index contributed by atoms with van der Waals surface area (Å²) in [7, 11) is 0. The van der Waals surface area contributed by atoms with Crippen molar-refractivity contribution in [1.29, 1.82) is 0 Å². The van der Waals surface area contributed by atoms with E-state index in [9.17, 15) is 0 Å². The summed E-state index contributed by atoms with van der Waals surface area (Å²) in [5.41, 5.74) is 4.07. The lowest BCUT2D eigenvalue weighted by Gasteiger charge is -2.06. The Morgan fingerprint density at radius 3 is 2.71 bits per heavy atom. The lowest BCUT2D eigenvalue weighted by atomic mass is 10.2. The fraction of sp³-hybridized carbons (Fsp3) is 0.0769. The van der Waals surface area contributed by atoms with E-state index in [1.54, 1.807) is 0 Å². The standard InChI is InChI=1S/C13H12N4/c1-2-6-11(7-3-1)14-9-10-5-4-8-12-13(10)16-17-15-12/h1-8,14H,9H2,(H,15,16,17). The molecule has 2 N–H and O–H groups in total. The summed E-state index contributed by atoms with van der Waals surface area (Å²) in [6.07, 6.45) is 0. The predicted molar refractivity (Wildman–Crippen MR) is 67.7 cm³/mol. The second-order valence-electron chi connectivity index (χ2n) is 3.83. The van der Waals surface area contributed by atoms with Crippen LogP contribution >= 0.6 is 0 Å². The van der Waals surface area contributed by atoms with E-state index in [0.29, 0.717) is 0 Å². The number of hydrogen-bond donors (Lipinski definition) is 2. The molecule has 0 aliphatic heterocycles. The van der Waals surface area contributed by atoms with Gasteiger partial charge in [-0.05, 0) is 18.2 Å². The third-order valence-corrected chi connectivity index (χ3v) is 2.69. The van der Waals surface area contributed by atoms with Crippen LogP contribution in [0.25, 0.3) is 11.0 Å². The number of anilines is 1. The Morgan fingerprint density at radius 1 is 0.941 bits per heavy atom. The highest BCUT2D eigenvalue weighted by Gasteiger charge is 2.03. The molecule has 0 aliphatic carbocycles. The molecule has 1 aromatic heterocycles. The molecule has 3 rings (SSSR count). The van der Waals surface area contributed by atoms with Crippen molar-refractivity contribution in [2.24, 2.45) is 0 Å². The number of aromatic amines is 1. The molecule has 0 atom stereocenters. The summed E-state index contributed by atoms with van der Waals surface area (Å²) in [4.78, 5) is 0. The van der Waals surface area contributed by atoms with Crippen LogP contribution in [0, 0.1) is 0 Å². The van der Waals surface area contributed by atoms with Gasteiger partial charge in [0.1, 0.15) is 11.0 Å². The van der Waals surface area contributed by atoms with Crippen LogP contribution in [0.5, 0.6) is 0 Å². The van der Waals surface area contributed by atoms with Gasteiger partial charge >= 0.3 is 0 Å². The van der Waals surface area contributed by atoms with Gasteiger partial charge in [0.25, 0.3) is 0 Å². The topological polar surface area (TPSA) is 53.6 Å². The first-order valence-corrected chi connectivity index (χ1v) is 5.51. The molecule has 2 aromatic carbocycles. The third-order valence-electron chi connectivity index (χ3n) is 2.69. The molecule has 0 fully saturated rings. The number of rotatable bonds is 3. The van der Waals surface area contributed by atoms with Crippen LogP contribution in [-0.2, 0) is 6.54 Å². The third kappa shape index (κ3) is 1.97. The molecule has 4 heteroatoms. The molecule has 3 aromatic rings. The zero-order valence-electron chi connectivity index (χ0n) is 9.22. The zero-order chi connectivity index (χ0) is 11.5. The van der Waals surface area contributed by atoms with Crippen molar-refractivity contribution in [2.75, 3.05) is 5.32 Å². The molecule has 0 unspecified atom stereocenters. The van der Waals surface area contributed by atoms with Crippen LogP contribution in [0.4, 0.5) is 5.69 Å². The summed E-state index contributed by atoms with van der Waals surface area (Å²) in [5.74, 6) is 0. The summed E-state index contributed by atoms with van der Waals surface area (Å²) in [6, 6.07) is 16.1. The molecule has 0 radical (unpaired) electrons. The minimum absolute atomic E-state index is 0.744. The molecule has 0 aliphatic rings. The highest BCUT2D eigenvalue weighted by atomic mass is 15.3. The molecule has 0 saturated carbocycles. The second kappa shape index (κ2) is 4.25. The van der Waals surface area contributed by atoms with Crippen molar-refractivity contribution < 1.29 is 0 Å². The lowest BCUT2D eigenvalue weighted by Crippen LogP contribution is -1.99. The summed E-state index contributed by atoms with van der Waals surface area (Å²) >= 11 is 0. The largest absolute Gasteiger partial charge is 0.381 e. The number of benzene rings is 2. The van der Waals surface area contributed by atoms with Crippen LogP contribution < -0.4 is 5.32 Å². The fourth-order valence-electron chi connectivity index (χ4n) is 1.82. The number of fused-ring (bicyclic) bond motifs is 1. The van der Waals surface area contributed by atoms with Gasteiger partial charge in [-0.1, -0.05) is 30.3 Å². The average molecular weight is 224 g/mol. The smallest absolute Gasteiger partial charge is 0.117 e. The molecule has 84 valence electrons. The first-order chi connectivity index (χ1) is 8.43. The van der Waals surface area contributed by atoms with Gasteiger partial charge in [0, 0.05) is 17.8 Å². The highest BCUT2D eigenvalue weighted by Crippen LogP contribution is 2.15. The minimum atomic E-state index is 0.744. The molecule has 17 heavy (non-hydrogen) atoms. The number of para-hydroxylation sites is 2. The second-order valence-corrected chi connectivity index (χ2v) is 3.83. The number of aromatic nitrogens is 3. The Morgan fingerprint density at radius 2 is 1.82 bits per heavy atom. The first kappa shape index (κ1) is 9.84. The van der Waals surface area contributed by atoms with Gasteiger partial charge in [-0.15, -0.1) is 0 Å². The Hall–Kier alpha value is -2.36. The molecule has 0 saturated heterocycles. The van der Waals surface area contributed by atoms with E-state index in [1.165, 1.54) is 0 Å². The first-order valence-electron chi connectivity index (χ1n) is 5.51. The Balaban J connectivity index is 1.84. The van der Waals surface area contributed by atoms with E-state index < -0.39 is 0 Å². The van der Waals surface area contributed by atoms with Gasteiger partial charge < -0.3 is 5.32 Å². The van der Waals surface area contributed by atoms with Crippen molar-refractivity contribution >= 4 is 16.7 Å². The van der Waals surface area contributed by atoms with E-state index >= 15 is 0 Å². The van der Waals surface area contributed by atoms with Crippen LogP contribution in [0.1, 0.15) is 5.56 Å². The van der Waals surface area contributed by atoms with Crippen LogP contribution in [-0.4, -0.2) is 15.4 Å². The lowest BCUT2D eigenvalue weighted by molar-refractivity contribution is 0.956. The number of hydrogen-bond acceptors (Lipinski definition) is 3. The van der Waals surface area contributed by atoms with Crippen molar-refractivity contribution in [2.45, 2.75) is 6.54 Å². The van der Waals surface area contributed by atoms with Crippen LogP contribution in [0.15, 0.2) is 48.5 Å². The molecule has 0 spiro atoms. The zero-order valence-corrected chi connectivity index (χ0v) is 9.22.